The Bertz CT molecular complexity index is 1500. The van der Waals surface area contributed by atoms with Crippen LogP contribution in [0.5, 0.6) is 0 Å². The van der Waals surface area contributed by atoms with E-state index in [0.717, 1.165) is 28.4 Å². The lowest BCUT2D eigenvalue weighted by Gasteiger charge is -2.22. The number of allylic oxidation sites excluding steroid dienone is 3. The fraction of sp³-hybridized carbons (Fsp3) is 0.143. The smallest absolute Gasteiger partial charge is 0.309 e. The molecule has 0 spiro atoms. The predicted octanol–water partition coefficient (Wildman–Crippen LogP) is 8.44. The van der Waals surface area contributed by atoms with Crippen LogP contribution in [0.3, 0.4) is 0 Å². The van der Waals surface area contributed by atoms with E-state index in [1.54, 1.807) is 0 Å². The van der Waals surface area contributed by atoms with Crippen molar-refractivity contribution in [2.75, 3.05) is 11.7 Å². The average Bonchev–Trinajstić information content (AvgIpc) is 3.31. The number of nitrogens with zero attached hydrogens (tertiary/aromatic N) is 1. The van der Waals surface area contributed by atoms with Gasteiger partial charge in [-0.2, -0.15) is 4.67 Å². The summed E-state index contributed by atoms with van der Waals surface area (Å²) in [7, 11) is 0.765. The molecular weight excluding hydrogens is 413 g/mol. The summed E-state index contributed by atoms with van der Waals surface area (Å²) >= 11 is 0. The number of likely N-dealkylation sites (N-methyl/N-ethyl adjacent to an activating group) is 1. The summed E-state index contributed by atoms with van der Waals surface area (Å²) in [5.41, 5.74) is 3.13. The van der Waals surface area contributed by atoms with Crippen LogP contribution >= 0.6 is 8.16 Å². The maximum absolute atomic E-state index is 6.66. The second kappa shape index (κ2) is 7.70. The van der Waals surface area contributed by atoms with Crippen LogP contribution in [0.2, 0.25) is 0 Å². The predicted molar refractivity (Wildman–Crippen MR) is 137 cm³/mol. The lowest BCUT2D eigenvalue weighted by molar-refractivity contribution is 0.618. The molecule has 0 bridgehead atoms. The lowest BCUT2D eigenvalue weighted by atomic mass is 9.99. The van der Waals surface area contributed by atoms with Crippen molar-refractivity contribution >= 4 is 51.6 Å². The topological polar surface area (TPSA) is 29.5 Å². The molecule has 1 heterocycles. The molecule has 3 nitrogen and oxygen atoms in total. The highest BCUT2D eigenvalue weighted by Crippen LogP contribution is 2.42. The maximum atomic E-state index is 6.66. The van der Waals surface area contributed by atoms with E-state index in [2.05, 4.69) is 110 Å². The third-order valence-corrected chi connectivity index (χ3v) is 8.11. The van der Waals surface area contributed by atoms with Crippen molar-refractivity contribution in [1.82, 2.24) is 0 Å². The number of hydrogen-bond donors (Lipinski definition) is 0. The van der Waals surface area contributed by atoms with Crippen LogP contribution in [0.4, 0.5) is 0 Å². The third-order valence-electron chi connectivity index (χ3n) is 6.54. The summed E-state index contributed by atoms with van der Waals surface area (Å²) in [6, 6.07) is 25.7. The van der Waals surface area contributed by atoms with Crippen LogP contribution in [-0.4, -0.2) is 13.1 Å². The maximum Gasteiger partial charge on any atom is 0.309 e. The quantitative estimate of drug-likeness (QED) is 0.284. The van der Waals surface area contributed by atoms with Gasteiger partial charge in [-0.1, -0.05) is 78.9 Å². The largest absolute Gasteiger partial charge is 0.408 e. The van der Waals surface area contributed by atoms with Gasteiger partial charge in [0.05, 0.1) is 0 Å². The standard InChI is InChI=1S/C28H24NO2P/c1-19(20-9-3-4-10-20)29(2)32-30-25-17-15-21-11-5-7-13-23(21)27(25)28-24-14-8-6-12-22(24)16-18-26(28)31-32/h3-9,11-19H,10H2,1-2H3/t19-/m1/s1. The molecule has 1 atom stereocenters. The molecule has 0 fully saturated rings. The first-order valence-corrected chi connectivity index (χ1v) is 12.1. The highest BCUT2D eigenvalue weighted by atomic mass is 31.1. The van der Waals surface area contributed by atoms with Crippen molar-refractivity contribution in [3.63, 3.8) is 0 Å². The van der Waals surface area contributed by atoms with Gasteiger partial charge in [0.2, 0.25) is 0 Å². The lowest BCUT2D eigenvalue weighted by Crippen LogP contribution is -2.27. The number of fused-ring (bicyclic) bond motifs is 7. The van der Waals surface area contributed by atoms with E-state index in [4.69, 9.17) is 8.39 Å². The van der Waals surface area contributed by atoms with Crippen molar-refractivity contribution in [1.29, 1.82) is 0 Å². The zero-order chi connectivity index (χ0) is 21.7. The minimum atomic E-state index is -1.33. The Kier molecular flexibility index (Phi) is 4.68. The van der Waals surface area contributed by atoms with Crippen LogP contribution in [0.25, 0.3) is 43.5 Å². The minimum absolute atomic E-state index is 0.224. The number of hydrogen-bond acceptors (Lipinski definition) is 3. The molecule has 4 aromatic carbocycles. The minimum Gasteiger partial charge on any atom is -0.408 e. The zero-order valence-corrected chi connectivity index (χ0v) is 19.1. The van der Waals surface area contributed by atoms with E-state index in [1.807, 2.05) is 0 Å². The number of rotatable bonds is 3. The summed E-state index contributed by atoms with van der Waals surface area (Å²) in [6.45, 7) is 2.22. The van der Waals surface area contributed by atoms with Crippen LogP contribution in [-0.2, 0) is 0 Å². The third kappa shape index (κ3) is 3.09. The first-order chi connectivity index (χ1) is 15.7. The van der Waals surface area contributed by atoms with E-state index in [-0.39, 0.29) is 6.04 Å². The molecule has 1 aromatic heterocycles. The fourth-order valence-corrected chi connectivity index (χ4v) is 6.01. The van der Waals surface area contributed by atoms with Gasteiger partial charge in [0.1, 0.15) is 11.2 Å². The molecule has 0 saturated heterocycles. The number of benzene rings is 4. The van der Waals surface area contributed by atoms with Gasteiger partial charge in [-0.05, 0) is 52.6 Å². The van der Waals surface area contributed by atoms with Gasteiger partial charge in [0.25, 0.3) is 0 Å². The Balaban J connectivity index is 1.74. The van der Waals surface area contributed by atoms with Gasteiger partial charge in [-0.3, -0.25) is 0 Å². The fourth-order valence-electron chi connectivity index (χ4n) is 4.64. The molecule has 0 aliphatic heterocycles. The molecule has 158 valence electrons. The SMILES string of the molecule is C[C@H](C1=CC=CC1)N(C)p1oc2ccc3ccccc3c2c2c(ccc3ccccc32)o1. The van der Waals surface area contributed by atoms with Crippen molar-refractivity contribution in [2.45, 2.75) is 19.4 Å². The Hall–Kier alpha value is -3.26. The van der Waals surface area contributed by atoms with E-state index in [9.17, 15) is 0 Å². The highest BCUT2D eigenvalue weighted by Gasteiger charge is 2.21. The second-order valence-electron chi connectivity index (χ2n) is 8.36. The van der Waals surface area contributed by atoms with Gasteiger partial charge >= 0.3 is 8.16 Å². The molecule has 0 N–H and O–H groups in total. The summed E-state index contributed by atoms with van der Waals surface area (Å²) in [6.07, 6.45) is 7.52. The van der Waals surface area contributed by atoms with Crippen LogP contribution in [0.15, 0.2) is 105 Å². The van der Waals surface area contributed by atoms with Crippen LogP contribution in [0, 0.1) is 0 Å². The van der Waals surface area contributed by atoms with E-state index >= 15 is 0 Å². The van der Waals surface area contributed by atoms with Crippen molar-refractivity contribution in [3.05, 3.63) is 96.6 Å². The molecule has 4 heteroatoms. The molecule has 32 heavy (non-hydrogen) atoms. The Morgan fingerprint density at radius 3 is 1.88 bits per heavy atom. The van der Waals surface area contributed by atoms with E-state index in [1.165, 1.54) is 27.1 Å². The molecule has 1 aliphatic rings. The van der Waals surface area contributed by atoms with Gasteiger partial charge in [0.15, 0.2) is 0 Å². The molecule has 1 aliphatic carbocycles. The monoisotopic (exact) mass is 437 g/mol. The highest BCUT2D eigenvalue weighted by molar-refractivity contribution is 7.39. The van der Waals surface area contributed by atoms with Crippen LogP contribution < -0.4 is 4.67 Å². The molecule has 0 amide bonds. The first-order valence-electron chi connectivity index (χ1n) is 11.0. The van der Waals surface area contributed by atoms with Gasteiger partial charge in [-0.15, -0.1) is 0 Å². The molecule has 0 unspecified atom stereocenters. The van der Waals surface area contributed by atoms with Crippen molar-refractivity contribution < 1.29 is 8.39 Å². The zero-order valence-electron chi connectivity index (χ0n) is 18.2. The van der Waals surface area contributed by atoms with Crippen molar-refractivity contribution in [3.8, 4) is 0 Å². The first kappa shape index (κ1) is 19.4. The van der Waals surface area contributed by atoms with Gasteiger partial charge in [0, 0.05) is 23.9 Å². The van der Waals surface area contributed by atoms with Crippen LogP contribution in [0.1, 0.15) is 13.3 Å². The summed E-state index contributed by atoms with van der Waals surface area (Å²) in [5, 5.41) is 6.99. The average molecular weight is 437 g/mol. The van der Waals surface area contributed by atoms with E-state index in [0.29, 0.717) is 0 Å². The molecule has 6 rings (SSSR count). The van der Waals surface area contributed by atoms with Gasteiger partial charge in [-0.25, -0.2) is 0 Å². The summed E-state index contributed by atoms with van der Waals surface area (Å²) < 4.78 is 15.6. The molecule has 0 saturated carbocycles. The van der Waals surface area contributed by atoms with E-state index < -0.39 is 8.16 Å². The molecule has 0 radical (unpaired) electrons. The Labute approximate surface area is 187 Å². The summed E-state index contributed by atoms with van der Waals surface area (Å²) in [4.78, 5) is 0. The molecule has 5 aromatic rings. The normalized spacial score (nSPS) is 14.7. The van der Waals surface area contributed by atoms with Crippen molar-refractivity contribution in [2.24, 2.45) is 0 Å². The Morgan fingerprint density at radius 2 is 1.34 bits per heavy atom. The Morgan fingerprint density at radius 1 is 0.781 bits per heavy atom. The summed E-state index contributed by atoms with van der Waals surface area (Å²) in [5.74, 6) is 0. The van der Waals surface area contributed by atoms with Gasteiger partial charge < -0.3 is 8.39 Å². The molecular formula is C28H24NO2P. The second-order valence-corrected chi connectivity index (χ2v) is 9.84.